The van der Waals surface area contributed by atoms with E-state index < -0.39 is 29.6 Å². The van der Waals surface area contributed by atoms with E-state index in [0.29, 0.717) is 0 Å². The molecule has 0 saturated heterocycles. The lowest BCUT2D eigenvalue weighted by molar-refractivity contribution is -0.386. The molecule has 5 N–H and O–H groups in total. The number of ether oxygens (including phenoxy) is 1. The maximum absolute atomic E-state index is 12.1. The molecule has 0 spiro atoms. The minimum Gasteiger partial charge on any atom is -0.500 e. The second kappa shape index (κ2) is 7.55. The Morgan fingerprint density at radius 2 is 2.14 bits per heavy atom. The van der Waals surface area contributed by atoms with Gasteiger partial charge in [0.25, 0.3) is 0 Å². The highest BCUT2D eigenvalue weighted by Gasteiger charge is 2.33. The van der Waals surface area contributed by atoms with Gasteiger partial charge in [0.05, 0.1) is 11.5 Å². The van der Waals surface area contributed by atoms with Crippen molar-refractivity contribution in [1.82, 2.24) is 0 Å². The maximum Gasteiger partial charge on any atom is 0.315 e. The number of nitrogens with two attached hydrogens (primary N) is 1. The Morgan fingerprint density at radius 3 is 2.64 bits per heavy atom. The van der Waals surface area contributed by atoms with Crippen LogP contribution in [0.3, 0.4) is 0 Å². The smallest absolute Gasteiger partial charge is 0.315 e. The second-order valence-corrected chi connectivity index (χ2v) is 7.02. The first-order valence-corrected chi connectivity index (χ1v) is 8.49. The molecule has 0 aliphatic carbocycles. The molecule has 10 heteroatoms. The number of hydrogen-bond acceptors (Lipinski definition) is 7. The summed E-state index contributed by atoms with van der Waals surface area (Å²) in [6.07, 6.45) is 0.00659. The number of phenolic OH excluding ortho intramolecular Hbond substituents is 1. The van der Waals surface area contributed by atoms with Crippen molar-refractivity contribution in [2.45, 2.75) is 19.2 Å². The monoisotopic (exact) mass is 334 g/mol. The summed E-state index contributed by atoms with van der Waals surface area (Å²) in [5, 5.41) is 30.7. The highest BCUT2D eigenvalue weighted by molar-refractivity contribution is 7.58. The van der Waals surface area contributed by atoms with Gasteiger partial charge in [-0.15, -0.1) is 0 Å². The van der Waals surface area contributed by atoms with Crippen LogP contribution >= 0.6 is 7.37 Å². The first-order valence-electron chi connectivity index (χ1n) is 6.58. The van der Waals surface area contributed by atoms with Crippen molar-refractivity contribution in [3.8, 4) is 11.5 Å². The molecule has 2 unspecified atom stereocenters. The van der Waals surface area contributed by atoms with Crippen LogP contribution in [0.2, 0.25) is 0 Å². The molecular weight excluding hydrogens is 315 g/mol. The normalized spacial score (nSPS) is 15.1. The molecule has 0 amide bonds. The number of aliphatic hydroxyl groups excluding tert-OH is 1. The Morgan fingerprint density at radius 1 is 1.50 bits per heavy atom. The maximum atomic E-state index is 12.1. The molecule has 0 heterocycles. The van der Waals surface area contributed by atoms with E-state index in [4.69, 9.17) is 10.5 Å². The van der Waals surface area contributed by atoms with Gasteiger partial charge in [0.15, 0.2) is 11.6 Å². The largest absolute Gasteiger partial charge is 0.500 e. The van der Waals surface area contributed by atoms with Gasteiger partial charge in [0, 0.05) is 17.8 Å². The number of aliphatic hydroxyl groups is 1. The molecule has 22 heavy (non-hydrogen) atoms. The van der Waals surface area contributed by atoms with Gasteiger partial charge in [0.1, 0.15) is 0 Å². The Kier molecular flexibility index (Phi) is 6.31. The number of rotatable bonds is 8. The van der Waals surface area contributed by atoms with Crippen LogP contribution in [0, 0.1) is 10.1 Å². The summed E-state index contributed by atoms with van der Waals surface area (Å²) in [4.78, 5) is 19.9. The van der Waals surface area contributed by atoms with Crippen LogP contribution < -0.4 is 10.5 Å². The second-order valence-electron chi connectivity index (χ2n) is 4.57. The van der Waals surface area contributed by atoms with E-state index in [1.165, 1.54) is 0 Å². The molecule has 124 valence electrons. The number of nitrogens with zero attached hydrogens (tertiary/aromatic N) is 1. The lowest BCUT2D eigenvalue weighted by Crippen LogP contribution is -2.08. The lowest BCUT2D eigenvalue weighted by atomic mass is 10.2. The van der Waals surface area contributed by atoms with Gasteiger partial charge >= 0.3 is 5.69 Å². The van der Waals surface area contributed by atoms with Gasteiger partial charge in [-0.25, -0.2) is 0 Å². The molecule has 2 atom stereocenters. The Labute approximate surface area is 126 Å². The average Bonchev–Trinajstić information content (AvgIpc) is 2.46. The predicted octanol–water partition coefficient (Wildman–Crippen LogP) is 1.31. The van der Waals surface area contributed by atoms with Crippen LogP contribution in [0.15, 0.2) is 12.1 Å². The third kappa shape index (κ3) is 4.17. The predicted molar refractivity (Wildman–Crippen MR) is 79.3 cm³/mol. The van der Waals surface area contributed by atoms with E-state index in [2.05, 4.69) is 0 Å². The van der Waals surface area contributed by atoms with Crippen LogP contribution in [-0.2, 0) is 4.57 Å². The number of hydrogen-bond donors (Lipinski definition) is 4. The number of phenols is 1. The van der Waals surface area contributed by atoms with E-state index in [-0.39, 0.29) is 37.0 Å². The minimum atomic E-state index is -4.01. The molecule has 9 nitrogen and oxygen atoms in total. The summed E-state index contributed by atoms with van der Waals surface area (Å²) in [5.41, 5.74) is 4.39. The molecule has 0 bridgehead atoms. The summed E-state index contributed by atoms with van der Waals surface area (Å²) in [5.74, 6) is -2.75. The van der Waals surface area contributed by atoms with Gasteiger partial charge in [0.2, 0.25) is 13.1 Å². The summed E-state index contributed by atoms with van der Waals surface area (Å²) < 4.78 is 17.1. The van der Waals surface area contributed by atoms with Gasteiger partial charge in [-0.2, -0.15) is 0 Å². The fourth-order valence-electron chi connectivity index (χ4n) is 1.84. The van der Waals surface area contributed by atoms with E-state index >= 15 is 0 Å². The van der Waals surface area contributed by atoms with Crippen LogP contribution in [0.5, 0.6) is 11.5 Å². The van der Waals surface area contributed by atoms with Crippen LogP contribution in [0.1, 0.15) is 24.8 Å². The summed E-state index contributed by atoms with van der Waals surface area (Å²) in [7, 11) is -4.01. The Bertz CT molecular complexity index is 593. The molecule has 0 aliphatic heterocycles. The topological polar surface area (TPSA) is 156 Å². The summed E-state index contributed by atoms with van der Waals surface area (Å²) >= 11 is 0. The summed E-state index contributed by atoms with van der Waals surface area (Å²) in [6, 6.07) is 1.97. The minimum absolute atomic E-state index is 0.119. The highest BCUT2D eigenvalue weighted by atomic mass is 31.2. The van der Waals surface area contributed by atoms with E-state index in [1.807, 2.05) is 0 Å². The van der Waals surface area contributed by atoms with Gasteiger partial charge in [-0.3, -0.25) is 14.7 Å². The van der Waals surface area contributed by atoms with Crippen molar-refractivity contribution in [2.24, 2.45) is 5.73 Å². The number of aromatic hydroxyl groups is 1. The molecule has 0 aliphatic rings. The van der Waals surface area contributed by atoms with Gasteiger partial charge in [-0.1, -0.05) is 0 Å². The Balaban J connectivity index is 3.28. The zero-order valence-electron chi connectivity index (χ0n) is 12.0. The molecule has 1 aromatic rings. The van der Waals surface area contributed by atoms with E-state index in [1.54, 1.807) is 6.92 Å². The highest BCUT2D eigenvalue weighted by Crippen LogP contribution is 2.55. The molecular formula is C12H19N2O7P. The molecule has 0 radical (unpaired) electrons. The number of benzene rings is 1. The van der Waals surface area contributed by atoms with Crippen molar-refractivity contribution in [2.75, 3.05) is 19.3 Å². The third-order valence-corrected chi connectivity index (χ3v) is 4.96. The summed E-state index contributed by atoms with van der Waals surface area (Å²) in [6.45, 7) is 1.90. The zero-order chi connectivity index (χ0) is 16.9. The average molecular weight is 334 g/mol. The van der Waals surface area contributed by atoms with Crippen LogP contribution in [0.4, 0.5) is 5.69 Å². The van der Waals surface area contributed by atoms with Crippen molar-refractivity contribution >= 4 is 13.1 Å². The lowest BCUT2D eigenvalue weighted by Gasteiger charge is -2.19. The fourth-order valence-corrected chi connectivity index (χ4v) is 3.34. The first-order chi connectivity index (χ1) is 10.2. The molecule has 1 rings (SSSR count). The van der Waals surface area contributed by atoms with E-state index in [0.717, 1.165) is 12.1 Å². The fraction of sp³-hybridized carbons (Fsp3) is 0.500. The van der Waals surface area contributed by atoms with Crippen LogP contribution in [-0.4, -0.2) is 39.3 Å². The molecule has 0 fully saturated rings. The van der Waals surface area contributed by atoms with Crippen molar-refractivity contribution in [3.05, 3.63) is 27.8 Å². The van der Waals surface area contributed by atoms with Crippen molar-refractivity contribution in [3.63, 3.8) is 0 Å². The molecule has 1 aromatic carbocycles. The van der Waals surface area contributed by atoms with Gasteiger partial charge < -0.3 is 25.6 Å². The van der Waals surface area contributed by atoms with Crippen molar-refractivity contribution in [1.29, 1.82) is 0 Å². The number of nitro groups is 1. The van der Waals surface area contributed by atoms with Crippen LogP contribution in [0.25, 0.3) is 0 Å². The quantitative estimate of drug-likeness (QED) is 0.315. The number of nitro benzene ring substituents is 1. The third-order valence-electron chi connectivity index (χ3n) is 2.94. The first kappa shape index (κ1) is 18.4. The SMILES string of the molecule is CCOc1cc(C(O)P(=O)(O)CCCN)cc([N+](=O)[O-])c1O. The van der Waals surface area contributed by atoms with Crippen molar-refractivity contribution < 1.29 is 29.3 Å². The van der Waals surface area contributed by atoms with E-state index in [9.17, 15) is 29.8 Å². The standard InChI is InChI=1S/C12H19N2O7P/c1-2-21-10-7-8(6-9(11(10)15)14(17)18)12(16)22(19,20)5-3-4-13/h6-7,12,15-16H,2-5,13H2,1H3,(H,19,20). The molecule has 0 aromatic heterocycles. The molecule has 0 saturated carbocycles. The Hall–Kier alpha value is -1.67. The van der Waals surface area contributed by atoms with Gasteiger partial charge in [-0.05, 0) is 26.0 Å². The zero-order valence-corrected chi connectivity index (χ0v) is 12.9.